The monoisotopic (exact) mass is 456 g/mol. The van der Waals surface area contributed by atoms with E-state index >= 15 is 0 Å². The Morgan fingerprint density at radius 1 is 1.11 bits per heavy atom. The smallest absolute Gasteiger partial charge is 0.417 e. The average Bonchev–Trinajstić information content (AvgIpc) is 2.64. The van der Waals surface area contributed by atoms with Crippen molar-refractivity contribution >= 4 is 33.2 Å². The fraction of sp³-hybridized carbons (Fsp3) is 0.312. The molecule has 0 saturated carbocycles. The number of hydrogen-bond donors (Lipinski definition) is 0. The third-order valence-corrected chi connectivity index (χ3v) is 6.31. The van der Waals surface area contributed by atoms with Gasteiger partial charge in [0.25, 0.3) is 0 Å². The molecular weight excluding hydrogens is 444 g/mol. The average molecular weight is 457 g/mol. The Hall–Kier alpha value is -1.59. The maximum atomic E-state index is 12.7. The molecule has 3 rings (SSSR count). The van der Waals surface area contributed by atoms with Gasteiger partial charge < -0.3 is 9.47 Å². The summed E-state index contributed by atoms with van der Waals surface area (Å²) in [6.07, 6.45) is -4.02. The lowest BCUT2D eigenvalue weighted by Crippen LogP contribution is -2.40. The molecule has 12 heteroatoms. The van der Waals surface area contributed by atoms with E-state index in [0.717, 1.165) is 0 Å². The normalized spacial score (nSPS) is 16.2. The van der Waals surface area contributed by atoms with Crippen LogP contribution in [0.15, 0.2) is 35.4 Å². The second-order valence-electron chi connectivity index (χ2n) is 5.72. The summed E-state index contributed by atoms with van der Waals surface area (Å²) in [6, 6.07) is 4.43. The fourth-order valence-corrected chi connectivity index (χ4v) is 4.34. The molecule has 0 aliphatic carbocycles. The molecule has 0 spiro atoms. The van der Waals surface area contributed by atoms with E-state index in [-0.39, 0.29) is 39.7 Å². The molecule has 1 fully saturated rings. The molecule has 6 nitrogen and oxygen atoms in total. The second-order valence-corrected chi connectivity index (χ2v) is 8.47. The summed E-state index contributed by atoms with van der Waals surface area (Å²) in [6.45, 7) is 1.05. The van der Waals surface area contributed by atoms with Crippen LogP contribution in [-0.4, -0.2) is 44.0 Å². The van der Waals surface area contributed by atoms with E-state index in [1.807, 2.05) is 0 Å². The number of halogens is 5. The van der Waals surface area contributed by atoms with Gasteiger partial charge in [0, 0.05) is 19.3 Å². The van der Waals surface area contributed by atoms with Crippen molar-refractivity contribution in [1.29, 1.82) is 0 Å². The van der Waals surface area contributed by atoms with Crippen LogP contribution in [0.3, 0.4) is 0 Å². The quantitative estimate of drug-likeness (QED) is 0.688. The minimum atomic E-state index is -4.59. The van der Waals surface area contributed by atoms with Gasteiger partial charge in [-0.2, -0.15) is 17.5 Å². The van der Waals surface area contributed by atoms with Gasteiger partial charge >= 0.3 is 6.18 Å². The predicted molar refractivity (Wildman–Crippen MR) is 95.4 cm³/mol. The standard InChI is InChI=1S/C16H13Cl2F3N2O4S/c17-12-8-11(28(24,25)23-3-5-26-6-4-23)1-2-14(12)27-15-13(18)7-10(9-22-15)16(19,20)21/h1-2,7-9H,3-6H2. The first-order valence-corrected chi connectivity index (χ1v) is 10.1. The molecule has 0 radical (unpaired) electrons. The van der Waals surface area contributed by atoms with Gasteiger partial charge in [0.2, 0.25) is 15.9 Å². The maximum Gasteiger partial charge on any atom is 0.417 e. The summed E-state index contributed by atoms with van der Waals surface area (Å²) in [4.78, 5) is 3.51. The first-order chi connectivity index (χ1) is 13.1. The van der Waals surface area contributed by atoms with E-state index in [9.17, 15) is 21.6 Å². The number of benzene rings is 1. The predicted octanol–water partition coefficient (Wildman–Crippen LogP) is 4.22. The number of rotatable bonds is 4. The molecule has 1 aliphatic heterocycles. The van der Waals surface area contributed by atoms with Gasteiger partial charge in [-0.3, -0.25) is 0 Å². The lowest BCUT2D eigenvalue weighted by Gasteiger charge is -2.26. The SMILES string of the molecule is O=S(=O)(c1ccc(Oc2ncc(C(F)(F)F)cc2Cl)c(Cl)c1)N1CCOCC1. The molecule has 1 aromatic carbocycles. The highest BCUT2D eigenvalue weighted by molar-refractivity contribution is 7.89. The fourth-order valence-electron chi connectivity index (χ4n) is 2.42. The van der Waals surface area contributed by atoms with Crippen molar-refractivity contribution in [3.63, 3.8) is 0 Å². The molecule has 0 unspecified atom stereocenters. The minimum Gasteiger partial charge on any atom is -0.436 e. The van der Waals surface area contributed by atoms with Gasteiger partial charge in [-0.25, -0.2) is 13.4 Å². The Morgan fingerprint density at radius 2 is 1.79 bits per heavy atom. The van der Waals surface area contributed by atoms with Crippen LogP contribution in [0.1, 0.15) is 5.56 Å². The number of hydrogen-bond acceptors (Lipinski definition) is 5. The van der Waals surface area contributed by atoms with Gasteiger partial charge in [0.1, 0.15) is 10.8 Å². The largest absolute Gasteiger partial charge is 0.436 e. The Labute approximate surface area is 168 Å². The van der Waals surface area contributed by atoms with Crippen LogP contribution in [0.5, 0.6) is 11.6 Å². The van der Waals surface area contributed by atoms with Crippen molar-refractivity contribution in [2.24, 2.45) is 0 Å². The molecule has 152 valence electrons. The van der Waals surface area contributed by atoms with Gasteiger partial charge in [0.05, 0.1) is 28.7 Å². The van der Waals surface area contributed by atoms with Crippen LogP contribution >= 0.6 is 23.2 Å². The van der Waals surface area contributed by atoms with Gasteiger partial charge in [-0.05, 0) is 24.3 Å². The minimum absolute atomic E-state index is 0.00301. The highest BCUT2D eigenvalue weighted by Gasteiger charge is 2.32. The molecule has 1 saturated heterocycles. The van der Waals surface area contributed by atoms with Crippen molar-refractivity contribution in [2.75, 3.05) is 26.3 Å². The molecular formula is C16H13Cl2F3N2O4S. The molecule has 28 heavy (non-hydrogen) atoms. The van der Waals surface area contributed by atoms with Crippen LogP contribution in [0.2, 0.25) is 10.0 Å². The van der Waals surface area contributed by atoms with Crippen LogP contribution < -0.4 is 4.74 Å². The van der Waals surface area contributed by atoms with Crippen molar-refractivity contribution in [3.05, 3.63) is 46.1 Å². The van der Waals surface area contributed by atoms with Crippen molar-refractivity contribution < 1.29 is 31.1 Å². The summed E-state index contributed by atoms with van der Waals surface area (Å²) in [7, 11) is -3.76. The molecule has 2 heterocycles. The molecule has 0 amide bonds. The Morgan fingerprint density at radius 3 is 2.36 bits per heavy atom. The lowest BCUT2D eigenvalue weighted by atomic mass is 10.3. The van der Waals surface area contributed by atoms with Gasteiger partial charge in [0.15, 0.2) is 0 Å². The number of morpholine rings is 1. The van der Waals surface area contributed by atoms with Crippen LogP contribution in [0.25, 0.3) is 0 Å². The molecule has 0 bridgehead atoms. The van der Waals surface area contributed by atoms with Gasteiger partial charge in [-0.15, -0.1) is 0 Å². The van der Waals surface area contributed by atoms with Crippen LogP contribution in [0, 0.1) is 0 Å². The summed E-state index contributed by atoms with van der Waals surface area (Å²) in [5.74, 6) is -0.294. The Kier molecular flexibility index (Phi) is 6.06. The third-order valence-electron chi connectivity index (χ3n) is 3.85. The van der Waals surface area contributed by atoms with E-state index < -0.39 is 21.8 Å². The van der Waals surface area contributed by atoms with Crippen molar-refractivity contribution in [2.45, 2.75) is 11.1 Å². The number of aromatic nitrogens is 1. The highest BCUT2D eigenvalue weighted by atomic mass is 35.5. The number of ether oxygens (including phenoxy) is 2. The number of sulfonamides is 1. The van der Waals surface area contributed by atoms with Crippen molar-refractivity contribution in [3.8, 4) is 11.6 Å². The zero-order chi connectivity index (χ0) is 20.5. The second kappa shape index (κ2) is 8.03. The molecule has 1 aliphatic rings. The van der Waals surface area contributed by atoms with Crippen molar-refractivity contribution in [1.82, 2.24) is 9.29 Å². The van der Waals surface area contributed by atoms with E-state index in [0.29, 0.717) is 25.5 Å². The molecule has 0 N–H and O–H groups in total. The summed E-state index contributed by atoms with van der Waals surface area (Å²) in [5, 5.41) is -0.428. The van der Waals surface area contributed by atoms with Crippen LogP contribution in [-0.2, 0) is 20.9 Å². The van der Waals surface area contributed by atoms with E-state index in [4.69, 9.17) is 32.7 Å². The first-order valence-electron chi connectivity index (χ1n) is 7.87. The zero-order valence-electron chi connectivity index (χ0n) is 14.0. The summed E-state index contributed by atoms with van der Waals surface area (Å²) >= 11 is 11.9. The molecule has 2 aromatic rings. The third kappa shape index (κ3) is 4.52. The zero-order valence-corrected chi connectivity index (χ0v) is 16.4. The Bertz CT molecular complexity index is 980. The summed E-state index contributed by atoms with van der Waals surface area (Å²) in [5.41, 5.74) is -1.03. The molecule has 0 atom stereocenters. The lowest BCUT2D eigenvalue weighted by molar-refractivity contribution is -0.137. The number of alkyl halides is 3. The van der Waals surface area contributed by atoms with Gasteiger partial charge in [-0.1, -0.05) is 23.2 Å². The van der Waals surface area contributed by atoms with E-state index in [1.54, 1.807) is 0 Å². The Balaban J connectivity index is 1.83. The van der Waals surface area contributed by atoms with E-state index in [1.165, 1.54) is 22.5 Å². The maximum absolute atomic E-state index is 12.7. The topological polar surface area (TPSA) is 68.7 Å². The number of pyridine rings is 1. The first kappa shape index (κ1) is 21.1. The highest BCUT2D eigenvalue weighted by Crippen LogP contribution is 2.37. The molecule has 1 aromatic heterocycles. The summed E-state index contributed by atoms with van der Waals surface area (Å²) < 4.78 is 75.0. The van der Waals surface area contributed by atoms with E-state index in [2.05, 4.69) is 4.98 Å². The van der Waals surface area contributed by atoms with Crippen LogP contribution in [0.4, 0.5) is 13.2 Å². The number of nitrogens with zero attached hydrogens (tertiary/aromatic N) is 2.